The molecule has 8 heteroatoms. The molecule has 110 valence electrons. The molecule has 7 nitrogen and oxygen atoms in total. The molecule has 0 unspecified atom stereocenters. The Morgan fingerprint density at radius 3 is 2.81 bits per heavy atom. The van der Waals surface area contributed by atoms with Crippen LogP contribution in [-0.4, -0.2) is 28.2 Å². The van der Waals surface area contributed by atoms with Crippen LogP contribution < -0.4 is 4.90 Å². The summed E-state index contributed by atoms with van der Waals surface area (Å²) in [6.45, 7) is 2.99. The molecule has 1 aromatic carbocycles. The van der Waals surface area contributed by atoms with Gasteiger partial charge < -0.3 is 9.32 Å². The minimum atomic E-state index is -0.409. The molecule has 0 atom stereocenters. The van der Waals surface area contributed by atoms with Crippen molar-refractivity contribution in [3.63, 3.8) is 0 Å². The number of rotatable bonds is 5. The van der Waals surface area contributed by atoms with Crippen molar-refractivity contribution < 1.29 is 14.2 Å². The van der Waals surface area contributed by atoms with Crippen LogP contribution in [0.1, 0.15) is 18.7 Å². The van der Waals surface area contributed by atoms with Gasteiger partial charge in [-0.05, 0) is 17.8 Å². The Bertz CT molecular complexity index is 640. The third-order valence-electron chi connectivity index (χ3n) is 3.42. The van der Waals surface area contributed by atoms with Gasteiger partial charge in [0.1, 0.15) is 0 Å². The van der Waals surface area contributed by atoms with Gasteiger partial charge in [0, 0.05) is 18.9 Å². The summed E-state index contributed by atoms with van der Waals surface area (Å²) in [6.07, 6.45) is 2.47. The highest BCUT2D eigenvalue weighted by molar-refractivity contribution is 7.99. The molecule has 1 saturated heterocycles. The van der Waals surface area contributed by atoms with E-state index in [9.17, 15) is 10.1 Å². The number of aromatic nitrogens is 2. The van der Waals surface area contributed by atoms with Crippen LogP contribution in [0.4, 0.5) is 5.69 Å². The van der Waals surface area contributed by atoms with E-state index in [2.05, 4.69) is 10.2 Å². The van der Waals surface area contributed by atoms with Gasteiger partial charge in [-0.3, -0.25) is 10.1 Å². The molecular weight excluding hydrogens is 292 g/mol. The highest BCUT2D eigenvalue weighted by Crippen LogP contribution is 2.33. The molecule has 2 heterocycles. The molecule has 0 amide bonds. The summed E-state index contributed by atoms with van der Waals surface area (Å²) in [5, 5.41) is 19.3. The quantitative estimate of drug-likeness (QED) is 0.662. The second kappa shape index (κ2) is 6.23. The Morgan fingerprint density at radius 1 is 1.29 bits per heavy atom. The first-order valence-electron chi connectivity index (χ1n) is 6.79. The summed E-state index contributed by atoms with van der Waals surface area (Å²) in [5.74, 6) is 0.591. The van der Waals surface area contributed by atoms with Gasteiger partial charge in [-0.2, -0.15) is 0 Å². The number of quaternary nitrogens is 1. The monoisotopic (exact) mass is 307 g/mol. The van der Waals surface area contributed by atoms with Gasteiger partial charge in [0.15, 0.2) is 6.54 Å². The minimum absolute atomic E-state index is 0.0485. The van der Waals surface area contributed by atoms with Crippen LogP contribution in [0.15, 0.2) is 38.8 Å². The van der Waals surface area contributed by atoms with E-state index in [1.165, 1.54) is 23.8 Å². The summed E-state index contributed by atoms with van der Waals surface area (Å²) in [6, 6.07) is 6.53. The van der Waals surface area contributed by atoms with Crippen LogP contribution in [0.2, 0.25) is 0 Å². The number of hydrogen-bond donors (Lipinski definition) is 1. The average Bonchev–Trinajstić information content (AvgIpc) is 3.12. The number of nitro benzene ring substituents is 1. The first-order valence-corrected chi connectivity index (χ1v) is 7.61. The Hall–Kier alpha value is -1.93. The van der Waals surface area contributed by atoms with E-state index in [0.29, 0.717) is 16.0 Å². The van der Waals surface area contributed by atoms with E-state index in [4.69, 9.17) is 4.42 Å². The van der Waals surface area contributed by atoms with Crippen molar-refractivity contribution in [2.45, 2.75) is 29.5 Å². The maximum Gasteiger partial charge on any atom is 0.283 e. The molecular formula is C13H15N4O3S+. The summed E-state index contributed by atoms with van der Waals surface area (Å²) in [5.41, 5.74) is 0.0485. The lowest BCUT2D eigenvalue weighted by Gasteiger charge is -2.07. The Balaban J connectivity index is 1.71. The summed E-state index contributed by atoms with van der Waals surface area (Å²) in [4.78, 5) is 12.5. The number of nitrogens with one attached hydrogen (secondary N) is 1. The normalized spacial score (nSPS) is 15.4. The summed E-state index contributed by atoms with van der Waals surface area (Å²) in [7, 11) is 0. The Kier molecular flexibility index (Phi) is 4.16. The SMILES string of the molecule is O=[N+]([O-])c1ccccc1Sc1nnc(C[NH+]2CCCC2)o1. The lowest BCUT2D eigenvalue weighted by molar-refractivity contribution is -0.902. The first kappa shape index (κ1) is 14.0. The van der Waals surface area contributed by atoms with E-state index in [1.807, 2.05) is 0 Å². The lowest BCUT2D eigenvalue weighted by Crippen LogP contribution is -3.08. The molecule has 0 radical (unpaired) electrons. The van der Waals surface area contributed by atoms with Crippen molar-refractivity contribution in [1.82, 2.24) is 10.2 Å². The zero-order chi connectivity index (χ0) is 14.7. The number of para-hydroxylation sites is 1. The van der Waals surface area contributed by atoms with Crippen molar-refractivity contribution in [3.05, 3.63) is 40.3 Å². The van der Waals surface area contributed by atoms with E-state index in [-0.39, 0.29) is 5.69 Å². The zero-order valence-corrected chi connectivity index (χ0v) is 12.1. The van der Waals surface area contributed by atoms with Crippen molar-refractivity contribution >= 4 is 17.4 Å². The molecule has 0 bridgehead atoms. The largest absolute Gasteiger partial charge is 0.410 e. The molecule has 1 aliphatic rings. The zero-order valence-electron chi connectivity index (χ0n) is 11.3. The van der Waals surface area contributed by atoms with Gasteiger partial charge in [-0.1, -0.05) is 12.1 Å². The predicted octanol–water partition coefficient (Wildman–Crippen LogP) is 1.31. The van der Waals surface area contributed by atoms with Crippen molar-refractivity contribution in [2.75, 3.05) is 13.1 Å². The Morgan fingerprint density at radius 2 is 2.05 bits per heavy atom. The minimum Gasteiger partial charge on any atom is -0.410 e. The average molecular weight is 307 g/mol. The van der Waals surface area contributed by atoms with E-state index >= 15 is 0 Å². The van der Waals surface area contributed by atoms with Crippen LogP contribution in [0.25, 0.3) is 0 Å². The predicted molar refractivity (Wildman–Crippen MR) is 75.2 cm³/mol. The molecule has 1 N–H and O–H groups in total. The van der Waals surface area contributed by atoms with E-state index in [0.717, 1.165) is 31.4 Å². The van der Waals surface area contributed by atoms with Crippen molar-refractivity contribution in [2.24, 2.45) is 0 Å². The topological polar surface area (TPSA) is 86.5 Å². The molecule has 21 heavy (non-hydrogen) atoms. The van der Waals surface area contributed by atoms with Gasteiger partial charge in [-0.25, -0.2) is 0 Å². The second-order valence-electron chi connectivity index (χ2n) is 4.92. The van der Waals surface area contributed by atoms with Gasteiger partial charge in [0.2, 0.25) is 0 Å². The maximum atomic E-state index is 11.0. The first-order chi connectivity index (χ1) is 10.2. The third-order valence-corrected chi connectivity index (χ3v) is 4.32. The fourth-order valence-corrected chi connectivity index (χ4v) is 3.21. The standard InChI is InChI=1S/C13H14N4O3S/c18-17(19)10-5-1-2-6-11(10)21-13-15-14-12(20-13)9-16-7-3-4-8-16/h1-2,5-6H,3-4,7-9H2/p+1. The molecule has 0 saturated carbocycles. The fourth-order valence-electron chi connectivity index (χ4n) is 2.40. The fraction of sp³-hybridized carbons (Fsp3) is 0.385. The van der Waals surface area contributed by atoms with E-state index < -0.39 is 4.92 Å². The molecule has 0 spiro atoms. The van der Waals surface area contributed by atoms with Gasteiger partial charge >= 0.3 is 0 Å². The number of nitrogens with zero attached hydrogens (tertiary/aromatic N) is 3. The number of nitro groups is 1. The molecule has 3 rings (SSSR count). The summed E-state index contributed by atoms with van der Waals surface area (Å²) >= 11 is 1.13. The van der Waals surface area contributed by atoms with Gasteiger partial charge in [0.05, 0.1) is 22.9 Å². The Labute approximate surface area is 125 Å². The highest BCUT2D eigenvalue weighted by atomic mass is 32.2. The van der Waals surface area contributed by atoms with Gasteiger partial charge in [-0.15, -0.1) is 10.2 Å². The molecule has 2 aromatic rings. The molecule has 1 aliphatic heterocycles. The van der Waals surface area contributed by atoms with Crippen LogP contribution in [0, 0.1) is 10.1 Å². The number of benzene rings is 1. The van der Waals surface area contributed by atoms with Crippen LogP contribution >= 0.6 is 11.8 Å². The molecule has 1 aromatic heterocycles. The van der Waals surface area contributed by atoms with E-state index in [1.54, 1.807) is 18.2 Å². The van der Waals surface area contributed by atoms with Gasteiger partial charge in [0.25, 0.3) is 16.8 Å². The van der Waals surface area contributed by atoms with Crippen molar-refractivity contribution in [1.29, 1.82) is 0 Å². The number of likely N-dealkylation sites (tertiary alicyclic amines) is 1. The van der Waals surface area contributed by atoms with Crippen LogP contribution in [0.5, 0.6) is 0 Å². The summed E-state index contributed by atoms with van der Waals surface area (Å²) < 4.78 is 5.58. The third kappa shape index (κ3) is 3.40. The van der Waals surface area contributed by atoms with Crippen LogP contribution in [0.3, 0.4) is 0 Å². The van der Waals surface area contributed by atoms with Crippen LogP contribution in [-0.2, 0) is 6.54 Å². The maximum absolute atomic E-state index is 11.0. The highest BCUT2D eigenvalue weighted by Gasteiger charge is 2.21. The number of hydrogen-bond acceptors (Lipinski definition) is 6. The second-order valence-corrected chi connectivity index (χ2v) is 5.92. The lowest BCUT2D eigenvalue weighted by atomic mass is 10.3. The smallest absolute Gasteiger partial charge is 0.283 e. The molecule has 1 fully saturated rings. The molecule has 0 aliphatic carbocycles. The van der Waals surface area contributed by atoms with Crippen molar-refractivity contribution in [3.8, 4) is 0 Å².